The highest BCUT2D eigenvalue weighted by Crippen LogP contribution is 2.36. The molecule has 2 N–H and O–H groups in total. The highest BCUT2D eigenvalue weighted by molar-refractivity contribution is 5.30. The van der Waals surface area contributed by atoms with Gasteiger partial charge in [0.25, 0.3) is 0 Å². The molecule has 0 aromatic heterocycles. The van der Waals surface area contributed by atoms with E-state index >= 15 is 0 Å². The van der Waals surface area contributed by atoms with Gasteiger partial charge in [0.15, 0.2) is 0 Å². The van der Waals surface area contributed by atoms with Crippen LogP contribution in [0.15, 0.2) is 24.3 Å². The number of methoxy groups -OCH3 is 1. The van der Waals surface area contributed by atoms with Crippen molar-refractivity contribution in [2.45, 2.75) is 38.3 Å². The van der Waals surface area contributed by atoms with Gasteiger partial charge in [0, 0.05) is 12.6 Å². The highest BCUT2D eigenvalue weighted by Gasteiger charge is 2.30. The van der Waals surface area contributed by atoms with Gasteiger partial charge in [-0.2, -0.15) is 0 Å². The van der Waals surface area contributed by atoms with Crippen LogP contribution in [-0.4, -0.2) is 19.8 Å². The average Bonchev–Trinajstić information content (AvgIpc) is 2.36. The molecule has 1 atom stereocenters. The van der Waals surface area contributed by atoms with Gasteiger partial charge in [0.1, 0.15) is 5.75 Å². The summed E-state index contributed by atoms with van der Waals surface area (Å²) >= 11 is 0. The highest BCUT2D eigenvalue weighted by atomic mass is 16.5. The number of hydrogen-bond donors (Lipinski definition) is 1. The third-order valence-electron chi connectivity index (χ3n) is 3.70. The van der Waals surface area contributed by atoms with E-state index in [0.29, 0.717) is 12.0 Å². The Kier molecular flexibility index (Phi) is 4.61. The topological polar surface area (TPSA) is 44.5 Å². The van der Waals surface area contributed by atoms with E-state index in [1.807, 2.05) is 18.2 Å². The largest absolute Gasteiger partial charge is 0.497 e. The van der Waals surface area contributed by atoms with Gasteiger partial charge < -0.3 is 15.2 Å². The summed E-state index contributed by atoms with van der Waals surface area (Å²) in [6, 6.07) is 8.16. The number of rotatable bonds is 6. The maximum Gasteiger partial charge on any atom is 0.119 e. The van der Waals surface area contributed by atoms with Crippen LogP contribution in [-0.2, 0) is 4.74 Å². The van der Waals surface area contributed by atoms with Crippen molar-refractivity contribution in [2.24, 2.45) is 11.7 Å². The molecule has 18 heavy (non-hydrogen) atoms. The van der Waals surface area contributed by atoms with E-state index in [4.69, 9.17) is 15.2 Å². The van der Waals surface area contributed by atoms with Crippen LogP contribution in [0.5, 0.6) is 5.75 Å². The molecule has 1 fully saturated rings. The Hall–Kier alpha value is -1.06. The van der Waals surface area contributed by atoms with E-state index in [-0.39, 0.29) is 6.04 Å². The molecule has 2 rings (SSSR count). The van der Waals surface area contributed by atoms with Crippen LogP contribution in [0.2, 0.25) is 0 Å². The summed E-state index contributed by atoms with van der Waals surface area (Å²) in [7, 11) is 1.68. The van der Waals surface area contributed by atoms with E-state index in [9.17, 15) is 0 Å². The Morgan fingerprint density at radius 1 is 1.39 bits per heavy atom. The van der Waals surface area contributed by atoms with Crippen LogP contribution in [0.1, 0.15) is 37.8 Å². The first-order valence-corrected chi connectivity index (χ1v) is 6.74. The molecule has 3 heteroatoms. The van der Waals surface area contributed by atoms with Gasteiger partial charge in [-0.3, -0.25) is 0 Å². The third-order valence-corrected chi connectivity index (χ3v) is 3.70. The first-order chi connectivity index (χ1) is 8.72. The second-order valence-corrected chi connectivity index (χ2v) is 5.03. The van der Waals surface area contributed by atoms with Crippen LogP contribution >= 0.6 is 0 Å². The van der Waals surface area contributed by atoms with Gasteiger partial charge in [0.05, 0.1) is 13.2 Å². The number of hydrogen-bond acceptors (Lipinski definition) is 3. The lowest BCUT2D eigenvalue weighted by atomic mass is 9.77. The minimum atomic E-state index is 0.104. The summed E-state index contributed by atoms with van der Waals surface area (Å²) in [4.78, 5) is 0. The summed E-state index contributed by atoms with van der Waals surface area (Å²) in [6.07, 6.45) is 3.82. The fourth-order valence-corrected chi connectivity index (χ4v) is 2.61. The molecule has 1 aromatic rings. The molecule has 0 radical (unpaired) electrons. The molecule has 0 spiro atoms. The molecule has 1 saturated carbocycles. The van der Waals surface area contributed by atoms with E-state index in [2.05, 4.69) is 13.0 Å². The Balaban J connectivity index is 1.83. The zero-order valence-corrected chi connectivity index (χ0v) is 11.3. The van der Waals surface area contributed by atoms with Crippen LogP contribution in [0.25, 0.3) is 0 Å². The lowest BCUT2D eigenvalue weighted by molar-refractivity contribution is -0.0282. The normalized spacial score (nSPS) is 24.4. The van der Waals surface area contributed by atoms with Crippen molar-refractivity contribution in [3.8, 4) is 5.75 Å². The maximum atomic E-state index is 6.25. The van der Waals surface area contributed by atoms with Crippen molar-refractivity contribution < 1.29 is 9.47 Å². The standard InChI is InChI=1S/C15H23NO2/c1-3-18-14-7-11(8-14)9-15(16)12-5-4-6-13(10-12)17-2/h4-6,10-11,14-15H,3,7-9,16H2,1-2H3. The zero-order valence-electron chi connectivity index (χ0n) is 11.3. The molecule has 0 amide bonds. The van der Waals surface area contributed by atoms with Crippen molar-refractivity contribution >= 4 is 0 Å². The second-order valence-electron chi connectivity index (χ2n) is 5.03. The van der Waals surface area contributed by atoms with Crippen LogP contribution < -0.4 is 10.5 Å². The molecule has 0 aliphatic heterocycles. The lowest BCUT2D eigenvalue weighted by Gasteiger charge is -2.36. The minimum absolute atomic E-state index is 0.104. The van der Waals surface area contributed by atoms with Gasteiger partial charge in [-0.05, 0) is 49.8 Å². The maximum absolute atomic E-state index is 6.25. The molecule has 1 aliphatic rings. The third kappa shape index (κ3) is 3.24. The van der Waals surface area contributed by atoms with E-state index in [1.165, 1.54) is 0 Å². The second kappa shape index (κ2) is 6.21. The summed E-state index contributed by atoms with van der Waals surface area (Å²) in [5.74, 6) is 1.59. The Morgan fingerprint density at radius 3 is 2.83 bits per heavy atom. The van der Waals surface area contributed by atoms with Crippen molar-refractivity contribution in [2.75, 3.05) is 13.7 Å². The van der Waals surface area contributed by atoms with Crippen molar-refractivity contribution in [1.82, 2.24) is 0 Å². The first kappa shape index (κ1) is 13.4. The predicted octanol–water partition coefficient (Wildman–Crippen LogP) is 2.90. The van der Waals surface area contributed by atoms with E-state index in [0.717, 1.165) is 37.2 Å². The van der Waals surface area contributed by atoms with Gasteiger partial charge in [0.2, 0.25) is 0 Å². The van der Waals surface area contributed by atoms with Gasteiger partial charge >= 0.3 is 0 Å². The lowest BCUT2D eigenvalue weighted by Crippen LogP contribution is -2.33. The summed E-state index contributed by atoms with van der Waals surface area (Å²) in [6.45, 7) is 2.87. The SMILES string of the molecule is CCOC1CC(CC(N)c2cccc(OC)c2)C1. The van der Waals surface area contributed by atoms with Crippen LogP contribution in [0, 0.1) is 5.92 Å². The van der Waals surface area contributed by atoms with Gasteiger partial charge in [-0.15, -0.1) is 0 Å². The summed E-state index contributed by atoms with van der Waals surface area (Å²) in [5.41, 5.74) is 7.41. The monoisotopic (exact) mass is 249 g/mol. The van der Waals surface area contributed by atoms with Crippen molar-refractivity contribution in [3.63, 3.8) is 0 Å². The van der Waals surface area contributed by atoms with E-state index in [1.54, 1.807) is 7.11 Å². The number of nitrogens with two attached hydrogens (primary N) is 1. The van der Waals surface area contributed by atoms with Crippen molar-refractivity contribution in [1.29, 1.82) is 0 Å². The molecule has 1 aliphatic carbocycles. The molecule has 0 saturated heterocycles. The van der Waals surface area contributed by atoms with Crippen LogP contribution in [0.4, 0.5) is 0 Å². The average molecular weight is 249 g/mol. The quantitative estimate of drug-likeness (QED) is 0.843. The molecular formula is C15H23NO2. The fourth-order valence-electron chi connectivity index (χ4n) is 2.61. The zero-order chi connectivity index (χ0) is 13.0. The molecule has 0 heterocycles. The molecule has 0 bridgehead atoms. The van der Waals surface area contributed by atoms with Gasteiger partial charge in [-0.1, -0.05) is 12.1 Å². The molecule has 100 valence electrons. The minimum Gasteiger partial charge on any atom is -0.497 e. The van der Waals surface area contributed by atoms with E-state index < -0.39 is 0 Å². The van der Waals surface area contributed by atoms with Crippen molar-refractivity contribution in [3.05, 3.63) is 29.8 Å². The fraction of sp³-hybridized carbons (Fsp3) is 0.600. The Labute approximate surface area is 109 Å². The molecular weight excluding hydrogens is 226 g/mol. The molecule has 1 unspecified atom stereocenters. The smallest absolute Gasteiger partial charge is 0.119 e. The number of ether oxygens (including phenoxy) is 2. The summed E-state index contributed by atoms with van der Waals surface area (Å²) < 4.78 is 10.8. The van der Waals surface area contributed by atoms with Gasteiger partial charge in [-0.25, -0.2) is 0 Å². The first-order valence-electron chi connectivity index (χ1n) is 6.74. The molecule has 3 nitrogen and oxygen atoms in total. The Bertz CT molecular complexity index is 375. The Morgan fingerprint density at radius 2 is 2.17 bits per heavy atom. The molecule has 1 aromatic carbocycles. The summed E-state index contributed by atoms with van der Waals surface area (Å²) in [5, 5.41) is 0. The number of benzene rings is 1. The predicted molar refractivity (Wildman–Crippen MR) is 72.7 cm³/mol. The van der Waals surface area contributed by atoms with Crippen LogP contribution in [0.3, 0.4) is 0 Å².